The topological polar surface area (TPSA) is 92.8 Å². The van der Waals surface area contributed by atoms with Crippen LogP contribution >= 0.6 is 0 Å². The SMILES string of the molecule is N[C@H](Cc1cccc2c1COB2O)C(=O)O. The van der Waals surface area contributed by atoms with Gasteiger partial charge in [0.1, 0.15) is 6.04 Å². The Labute approximate surface area is 93.0 Å². The summed E-state index contributed by atoms with van der Waals surface area (Å²) in [5, 5.41) is 18.2. The van der Waals surface area contributed by atoms with E-state index in [-0.39, 0.29) is 6.42 Å². The van der Waals surface area contributed by atoms with Crippen LogP contribution in [0.2, 0.25) is 0 Å². The monoisotopic (exact) mass is 221 g/mol. The van der Waals surface area contributed by atoms with E-state index >= 15 is 0 Å². The van der Waals surface area contributed by atoms with Gasteiger partial charge in [0.15, 0.2) is 0 Å². The van der Waals surface area contributed by atoms with Gasteiger partial charge in [-0.2, -0.15) is 0 Å². The van der Waals surface area contributed by atoms with E-state index in [9.17, 15) is 9.82 Å². The molecule has 4 N–H and O–H groups in total. The van der Waals surface area contributed by atoms with Crippen LogP contribution in [0.25, 0.3) is 0 Å². The molecular formula is C10H12BNO4. The van der Waals surface area contributed by atoms with Gasteiger partial charge < -0.3 is 20.5 Å². The Morgan fingerprint density at radius 3 is 3.06 bits per heavy atom. The van der Waals surface area contributed by atoms with Gasteiger partial charge in [0.05, 0.1) is 6.61 Å². The highest BCUT2D eigenvalue weighted by atomic mass is 16.5. The number of hydrogen-bond acceptors (Lipinski definition) is 4. The molecule has 1 aliphatic rings. The molecule has 0 spiro atoms. The Morgan fingerprint density at radius 2 is 2.38 bits per heavy atom. The molecule has 2 rings (SSSR count). The van der Waals surface area contributed by atoms with Crippen LogP contribution in [0.1, 0.15) is 11.1 Å². The summed E-state index contributed by atoms with van der Waals surface area (Å²) >= 11 is 0. The minimum Gasteiger partial charge on any atom is -0.480 e. The summed E-state index contributed by atoms with van der Waals surface area (Å²) in [5.41, 5.74) is 7.85. The maximum absolute atomic E-state index is 10.7. The molecule has 1 aromatic rings. The third-order valence-corrected chi connectivity index (χ3v) is 2.72. The zero-order valence-corrected chi connectivity index (χ0v) is 8.59. The highest BCUT2D eigenvalue weighted by molar-refractivity contribution is 6.61. The highest BCUT2D eigenvalue weighted by Gasteiger charge is 2.29. The molecule has 1 aromatic carbocycles. The van der Waals surface area contributed by atoms with Crippen molar-refractivity contribution in [2.75, 3.05) is 0 Å². The summed E-state index contributed by atoms with van der Waals surface area (Å²) in [6.45, 7) is 0.305. The number of carboxylic acid groups (broad SMARTS) is 1. The molecule has 0 saturated carbocycles. The van der Waals surface area contributed by atoms with Gasteiger partial charge in [-0.15, -0.1) is 0 Å². The molecule has 84 valence electrons. The Kier molecular flexibility index (Phi) is 2.96. The lowest BCUT2D eigenvalue weighted by Crippen LogP contribution is -2.33. The minimum atomic E-state index is -1.03. The van der Waals surface area contributed by atoms with Crippen LogP contribution in [0.4, 0.5) is 0 Å². The fourth-order valence-electron chi connectivity index (χ4n) is 1.83. The summed E-state index contributed by atoms with van der Waals surface area (Å²) in [6.07, 6.45) is 0.245. The lowest BCUT2D eigenvalue weighted by atomic mass is 9.78. The van der Waals surface area contributed by atoms with E-state index in [2.05, 4.69) is 0 Å². The molecule has 0 saturated heterocycles. The summed E-state index contributed by atoms with van der Waals surface area (Å²) in [6, 6.07) is 4.41. The molecule has 0 unspecified atom stereocenters. The number of carboxylic acids is 1. The summed E-state index contributed by atoms with van der Waals surface area (Å²) in [7, 11) is -0.906. The van der Waals surface area contributed by atoms with E-state index < -0.39 is 19.1 Å². The molecule has 0 aliphatic carbocycles. The molecule has 0 amide bonds. The first-order chi connectivity index (χ1) is 7.59. The van der Waals surface area contributed by atoms with E-state index in [0.29, 0.717) is 12.1 Å². The van der Waals surface area contributed by atoms with Gasteiger partial charge in [-0.1, -0.05) is 18.2 Å². The lowest BCUT2D eigenvalue weighted by molar-refractivity contribution is -0.138. The summed E-state index contributed by atoms with van der Waals surface area (Å²) < 4.78 is 5.07. The molecule has 16 heavy (non-hydrogen) atoms. The second-order valence-corrected chi connectivity index (χ2v) is 3.80. The first kappa shape index (κ1) is 11.1. The minimum absolute atomic E-state index is 0.245. The lowest BCUT2D eigenvalue weighted by Gasteiger charge is -2.10. The third-order valence-electron chi connectivity index (χ3n) is 2.72. The smallest absolute Gasteiger partial charge is 0.480 e. The van der Waals surface area contributed by atoms with Crippen molar-refractivity contribution in [3.63, 3.8) is 0 Å². The normalized spacial score (nSPS) is 16.0. The number of fused-ring (bicyclic) bond motifs is 1. The fourth-order valence-corrected chi connectivity index (χ4v) is 1.83. The average Bonchev–Trinajstić information content (AvgIpc) is 2.62. The Morgan fingerprint density at radius 1 is 1.62 bits per heavy atom. The molecule has 0 radical (unpaired) electrons. The second kappa shape index (κ2) is 4.25. The number of aliphatic carboxylic acids is 1. The van der Waals surface area contributed by atoms with E-state index in [1.807, 2.05) is 6.07 Å². The molecule has 1 aliphatic heterocycles. The number of rotatable bonds is 3. The van der Waals surface area contributed by atoms with Gasteiger partial charge in [-0.3, -0.25) is 4.79 Å². The van der Waals surface area contributed by atoms with Gasteiger partial charge in [-0.05, 0) is 23.0 Å². The van der Waals surface area contributed by atoms with Crippen LogP contribution < -0.4 is 11.2 Å². The van der Waals surface area contributed by atoms with Crippen LogP contribution in [0, 0.1) is 0 Å². The van der Waals surface area contributed by atoms with Crippen LogP contribution in [0.5, 0.6) is 0 Å². The second-order valence-electron chi connectivity index (χ2n) is 3.80. The van der Waals surface area contributed by atoms with Crippen molar-refractivity contribution >= 4 is 18.6 Å². The molecule has 1 heterocycles. The standard InChI is InChI=1S/C10H12BNO4/c12-9(10(13)14)4-6-2-1-3-8-7(6)5-16-11(8)15/h1-3,9,15H,4-5,12H2,(H,13,14)/t9-/m1/s1. The molecular weight excluding hydrogens is 209 g/mol. The molecule has 5 nitrogen and oxygen atoms in total. The molecule has 0 aromatic heterocycles. The molecule has 1 atom stereocenters. The first-order valence-corrected chi connectivity index (χ1v) is 4.98. The van der Waals surface area contributed by atoms with Crippen molar-refractivity contribution in [2.45, 2.75) is 19.1 Å². The van der Waals surface area contributed by atoms with Crippen LogP contribution in [-0.2, 0) is 22.5 Å². The van der Waals surface area contributed by atoms with Gasteiger partial charge in [0, 0.05) is 0 Å². The van der Waals surface area contributed by atoms with E-state index in [0.717, 1.165) is 11.1 Å². The van der Waals surface area contributed by atoms with Crippen molar-refractivity contribution in [3.05, 3.63) is 29.3 Å². The predicted molar refractivity (Wildman–Crippen MR) is 58.2 cm³/mol. The average molecular weight is 221 g/mol. The van der Waals surface area contributed by atoms with Crippen LogP contribution in [0.15, 0.2) is 18.2 Å². The number of carbonyl (C=O) groups is 1. The van der Waals surface area contributed by atoms with Gasteiger partial charge >= 0.3 is 13.1 Å². The largest absolute Gasteiger partial charge is 0.491 e. The number of hydrogen-bond donors (Lipinski definition) is 3. The van der Waals surface area contributed by atoms with E-state index in [1.54, 1.807) is 12.1 Å². The van der Waals surface area contributed by atoms with Crippen LogP contribution in [0.3, 0.4) is 0 Å². The van der Waals surface area contributed by atoms with Crippen molar-refractivity contribution < 1.29 is 19.6 Å². The molecule has 0 bridgehead atoms. The van der Waals surface area contributed by atoms with Crippen LogP contribution in [-0.4, -0.2) is 29.3 Å². The predicted octanol–water partition coefficient (Wildman–Crippen LogP) is -1.14. The maximum Gasteiger partial charge on any atom is 0.491 e. The third kappa shape index (κ3) is 1.95. The zero-order chi connectivity index (χ0) is 11.7. The van der Waals surface area contributed by atoms with E-state index in [1.165, 1.54) is 0 Å². The van der Waals surface area contributed by atoms with Crippen molar-refractivity contribution in [1.29, 1.82) is 0 Å². The Hall–Kier alpha value is -1.37. The fraction of sp³-hybridized carbons (Fsp3) is 0.300. The highest BCUT2D eigenvalue weighted by Crippen LogP contribution is 2.16. The Balaban J connectivity index is 2.26. The molecule has 0 fully saturated rings. The maximum atomic E-state index is 10.7. The van der Waals surface area contributed by atoms with E-state index in [4.69, 9.17) is 15.5 Å². The van der Waals surface area contributed by atoms with Crippen molar-refractivity contribution in [1.82, 2.24) is 0 Å². The number of benzene rings is 1. The quantitative estimate of drug-likeness (QED) is 0.561. The number of nitrogens with two attached hydrogens (primary N) is 1. The molecule has 6 heteroatoms. The zero-order valence-electron chi connectivity index (χ0n) is 8.59. The van der Waals surface area contributed by atoms with Crippen molar-refractivity contribution in [2.24, 2.45) is 5.73 Å². The van der Waals surface area contributed by atoms with Gasteiger partial charge in [0.2, 0.25) is 0 Å². The Bertz CT molecular complexity index is 423. The van der Waals surface area contributed by atoms with Gasteiger partial charge in [-0.25, -0.2) is 0 Å². The van der Waals surface area contributed by atoms with Gasteiger partial charge in [0.25, 0.3) is 0 Å². The summed E-state index contributed by atoms with van der Waals surface area (Å²) in [4.78, 5) is 10.7. The first-order valence-electron chi connectivity index (χ1n) is 4.98. The summed E-state index contributed by atoms with van der Waals surface area (Å²) in [5.74, 6) is -1.03. The van der Waals surface area contributed by atoms with Crippen molar-refractivity contribution in [3.8, 4) is 0 Å².